The quantitative estimate of drug-likeness (QED) is 0.854. The number of amides is 1. The van der Waals surface area contributed by atoms with Crippen molar-refractivity contribution >= 4 is 16.8 Å². The minimum atomic E-state index is -0.156. The Kier molecular flexibility index (Phi) is 3.96. The summed E-state index contributed by atoms with van der Waals surface area (Å²) in [5.74, 6) is -0.00104. The Balaban J connectivity index is 1.88. The Morgan fingerprint density at radius 3 is 2.64 bits per heavy atom. The van der Waals surface area contributed by atoms with E-state index in [9.17, 15) is 9.59 Å². The number of benzene rings is 1. The summed E-state index contributed by atoms with van der Waals surface area (Å²) in [6.07, 6.45) is 4.69. The van der Waals surface area contributed by atoms with Gasteiger partial charge in [0.2, 0.25) is 5.91 Å². The van der Waals surface area contributed by atoms with E-state index in [0.29, 0.717) is 10.9 Å². The number of aromatic nitrogens is 2. The van der Waals surface area contributed by atoms with Gasteiger partial charge in [0, 0.05) is 12.1 Å². The molecule has 1 aliphatic heterocycles. The largest absolute Gasteiger partial charge is 0.336 e. The molecule has 3 rings (SSSR count). The summed E-state index contributed by atoms with van der Waals surface area (Å²) in [6.45, 7) is 4.22. The lowest BCUT2D eigenvalue weighted by atomic mass is 9.97. The Morgan fingerprint density at radius 1 is 1.23 bits per heavy atom. The highest BCUT2D eigenvalue weighted by Crippen LogP contribution is 2.22. The van der Waals surface area contributed by atoms with Crippen LogP contribution in [0.3, 0.4) is 0 Å². The van der Waals surface area contributed by atoms with E-state index in [4.69, 9.17) is 0 Å². The van der Waals surface area contributed by atoms with Crippen molar-refractivity contribution in [2.75, 3.05) is 0 Å². The molecule has 1 aromatic carbocycles. The second-order valence-electron chi connectivity index (χ2n) is 6.12. The maximum atomic E-state index is 12.6. The van der Waals surface area contributed by atoms with E-state index in [1.165, 1.54) is 10.9 Å². The SMILES string of the molecule is CC1CCCC(C)N1C(=O)Cn1cnc2ccccc2c1=O. The van der Waals surface area contributed by atoms with Gasteiger partial charge in [-0.15, -0.1) is 0 Å². The summed E-state index contributed by atoms with van der Waals surface area (Å²) in [7, 11) is 0. The van der Waals surface area contributed by atoms with Gasteiger partial charge >= 0.3 is 0 Å². The number of fused-ring (bicyclic) bond motifs is 1. The maximum absolute atomic E-state index is 12.6. The van der Waals surface area contributed by atoms with E-state index in [1.807, 2.05) is 17.0 Å². The van der Waals surface area contributed by atoms with Gasteiger partial charge in [-0.2, -0.15) is 0 Å². The summed E-state index contributed by atoms with van der Waals surface area (Å²) in [6, 6.07) is 7.68. The van der Waals surface area contributed by atoms with Crippen LogP contribution in [0, 0.1) is 0 Å². The van der Waals surface area contributed by atoms with E-state index in [0.717, 1.165) is 19.3 Å². The van der Waals surface area contributed by atoms with E-state index in [-0.39, 0.29) is 30.1 Å². The number of piperidine rings is 1. The topological polar surface area (TPSA) is 55.2 Å². The van der Waals surface area contributed by atoms with Gasteiger partial charge in [-0.3, -0.25) is 14.2 Å². The van der Waals surface area contributed by atoms with Gasteiger partial charge in [0.15, 0.2) is 0 Å². The summed E-state index contributed by atoms with van der Waals surface area (Å²) in [5.41, 5.74) is 0.507. The van der Waals surface area contributed by atoms with Crippen LogP contribution in [0.15, 0.2) is 35.4 Å². The van der Waals surface area contributed by atoms with Crippen LogP contribution in [0.25, 0.3) is 10.9 Å². The van der Waals surface area contributed by atoms with Crippen LogP contribution in [0.2, 0.25) is 0 Å². The van der Waals surface area contributed by atoms with Crippen molar-refractivity contribution in [3.8, 4) is 0 Å². The molecule has 0 spiro atoms. The molecule has 2 unspecified atom stereocenters. The molecule has 0 N–H and O–H groups in total. The zero-order chi connectivity index (χ0) is 15.7. The number of carbonyl (C=O) groups excluding carboxylic acids is 1. The highest BCUT2D eigenvalue weighted by atomic mass is 16.2. The fraction of sp³-hybridized carbons (Fsp3) is 0.471. The van der Waals surface area contributed by atoms with Gasteiger partial charge in [-0.25, -0.2) is 4.98 Å². The second kappa shape index (κ2) is 5.91. The van der Waals surface area contributed by atoms with Crippen molar-refractivity contribution in [3.63, 3.8) is 0 Å². The Hall–Kier alpha value is -2.17. The molecule has 5 heteroatoms. The number of carbonyl (C=O) groups is 1. The first kappa shape index (κ1) is 14.8. The Bertz CT molecular complexity index is 743. The molecule has 2 aromatic rings. The smallest absolute Gasteiger partial charge is 0.261 e. The van der Waals surface area contributed by atoms with Crippen LogP contribution >= 0.6 is 0 Å². The molecule has 5 nitrogen and oxygen atoms in total. The highest BCUT2D eigenvalue weighted by Gasteiger charge is 2.29. The number of rotatable bonds is 2. The van der Waals surface area contributed by atoms with Crippen LogP contribution in [0.4, 0.5) is 0 Å². The average molecular weight is 299 g/mol. The molecule has 0 saturated carbocycles. The number of hydrogen-bond donors (Lipinski definition) is 0. The lowest BCUT2D eigenvalue weighted by Gasteiger charge is -2.39. The summed E-state index contributed by atoms with van der Waals surface area (Å²) in [5, 5.41) is 0.553. The summed E-state index contributed by atoms with van der Waals surface area (Å²) in [4.78, 5) is 31.3. The first-order valence-electron chi connectivity index (χ1n) is 7.83. The molecule has 0 aliphatic carbocycles. The molecule has 2 heterocycles. The van der Waals surface area contributed by atoms with Crippen LogP contribution in [-0.4, -0.2) is 32.4 Å². The summed E-state index contributed by atoms with van der Waals surface area (Å²) < 4.78 is 1.42. The number of para-hydroxylation sites is 1. The molecular formula is C17H21N3O2. The summed E-state index contributed by atoms with van der Waals surface area (Å²) >= 11 is 0. The standard InChI is InChI=1S/C17H21N3O2/c1-12-6-5-7-13(2)20(12)16(21)10-19-11-18-15-9-4-3-8-14(15)17(19)22/h3-4,8-9,11-13H,5-7,10H2,1-2H3. The van der Waals surface area contributed by atoms with E-state index < -0.39 is 0 Å². The molecule has 0 radical (unpaired) electrons. The fourth-order valence-electron chi connectivity index (χ4n) is 3.36. The molecule has 1 aliphatic rings. The molecule has 1 aromatic heterocycles. The molecular weight excluding hydrogens is 278 g/mol. The number of hydrogen-bond acceptors (Lipinski definition) is 3. The predicted octanol–water partition coefficient (Wildman–Crippen LogP) is 2.19. The van der Waals surface area contributed by atoms with Crippen LogP contribution in [-0.2, 0) is 11.3 Å². The van der Waals surface area contributed by atoms with Crippen molar-refractivity contribution in [2.45, 2.75) is 51.7 Å². The normalized spacial score (nSPS) is 22.0. The zero-order valence-corrected chi connectivity index (χ0v) is 13.0. The first-order chi connectivity index (χ1) is 10.6. The van der Waals surface area contributed by atoms with Crippen molar-refractivity contribution in [3.05, 3.63) is 40.9 Å². The zero-order valence-electron chi connectivity index (χ0n) is 13.0. The van der Waals surface area contributed by atoms with Gasteiger partial charge in [0.05, 0.1) is 17.2 Å². The molecule has 0 bridgehead atoms. The van der Waals surface area contributed by atoms with Crippen LogP contribution in [0.5, 0.6) is 0 Å². The molecule has 2 atom stereocenters. The van der Waals surface area contributed by atoms with Crippen molar-refractivity contribution in [2.24, 2.45) is 0 Å². The third-order valence-electron chi connectivity index (χ3n) is 4.52. The van der Waals surface area contributed by atoms with Gasteiger partial charge in [0.1, 0.15) is 6.54 Å². The molecule has 1 saturated heterocycles. The van der Waals surface area contributed by atoms with Gasteiger partial charge in [-0.1, -0.05) is 12.1 Å². The third kappa shape index (κ3) is 2.63. The minimum Gasteiger partial charge on any atom is -0.336 e. The van der Waals surface area contributed by atoms with Crippen LogP contribution < -0.4 is 5.56 Å². The van der Waals surface area contributed by atoms with E-state index in [2.05, 4.69) is 18.8 Å². The maximum Gasteiger partial charge on any atom is 0.261 e. The molecule has 116 valence electrons. The van der Waals surface area contributed by atoms with E-state index >= 15 is 0 Å². The van der Waals surface area contributed by atoms with Crippen molar-refractivity contribution < 1.29 is 4.79 Å². The third-order valence-corrected chi connectivity index (χ3v) is 4.52. The molecule has 22 heavy (non-hydrogen) atoms. The van der Waals surface area contributed by atoms with E-state index in [1.54, 1.807) is 12.1 Å². The fourth-order valence-corrected chi connectivity index (χ4v) is 3.36. The lowest BCUT2D eigenvalue weighted by Crippen LogP contribution is -2.49. The van der Waals surface area contributed by atoms with Crippen molar-refractivity contribution in [1.29, 1.82) is 0 Å². The van der Waals surface area contributed by atoms with Gasteiger partial charge in [0.25, 0.3) is 5.56 Å². The first-order valence-corrected chi connectivity index (χ1v) is 7.83. The van der Waals surface area contributed by atoms with Crippen molar-refractivity contribution in [1.82, 2.24) is 14.5 Å². The Morgan fingerprint density at radius 2 is 1.91 bits per heavy atom. The van der Waals surface area contributed by atoms with Crippen LogP contribution in [0.1, 0.15) is 33.1 Å². The highest BCUT2D eigenvalue weighted by molar-refractivity contribution is 5.79. The Labute approximate surface area is 129 Å². The van der Waals surface area contributed by atoms with Gasteiger partial charge in [-0.05, 0) is 45.2 Å². The monoisotopic (exact) mass is 299 g/mol. The minimum absolute atomic E-state index is 0.00104. The molecule has 1 fully saturated rings. The number of nitrogens with zero attached hydrogens (tertiary/aromatic N) is 3. The number of likely N-dealkylation sites (tertiary alicyclic amines) is 1. The second-order valence-corrected chi connectivity index (χ2v) is 6.12. The predicted molar refractivity (Wildman–Crippen MR) is 85.6 cm³/mol. The average Bonchev–Trinajstić information content (AvgIpc) is 2.50. The lowest BCUT2D eigenvalue weighted by molar-refractivity contribution is -0.138. The molecule has 1 amide bonds. The van der Waals surface area contributed by atoms with Gasteiger partial charge < -0.3 is 4.90 Å².